The Hall–Kier alpha value is -2.23. The number of ether oxygens (including phenoxy) is 2. The number of alkyl carbamates (subject to hydrolysis) is 1. The number of carbonyl (C=O) groups excluding carboxylic acids is 1. The van der Waals surface area contributed by atoms with Crippen molar-refractivity contribution in [3.05, 3.63) is 42.0 Å². The van der Waals surface area contributed by atoms with Crippen molar-refractivity contribution >= 4 is 16.9 Å². The van der Waals surface area contributed by atoms with Gasteiger partial charge in [0.25, 0.3) is 0 Å². The van der Waals surface area contributed by atoms with Crippen LogP contribution in [-0.4, -0.2) is 18.8 Å². The molecule has 1 amide bonds. The molecule has 1 aliphatic heterocycles. The molecule has 1 N–H and O–H groups in total. The predicted octanol–water partition coefficient (Wildman–Crippen LogP) is 5.92. The van der Waals surface area contributed by atoms with Gasteiger partial charge in [0, 0.05) is 0 Å². The van der Waals surface area contributed by atoms with E-state index >= 15 is 0 Å². The standard InChI is InChI=1S/C24H31NO3/c1-3-4-5-17-6-11-21(12-7-17)28-22-13-9-18-14-20(10-8-19(18)15-22)24(2)16-27-23(26)25-24/h8-10,13-15,17,21H,3-7,11-12,16H2,1-2H3,(H,25,26)/t17-,21+,24-/m0/s1. The zero-order valence-electron chi connectivity index (χ0n) is 17.0. The van der Waals surface area contributed by atoms with E-state index in [9.17, 15) is 4.79 Å². The molecule has 1 saturated carbocycles. The maximum atomic E-state index is 11.5. The van der Waals surface area contributed by atoms with Crippen molar-refractivity contribution < 1.29 is 14.3 Å². The summed E-state index contributed by atoms with van der Waals surface area (Å²) in [6, 6.07) is 12.6. The van der Waals surface area contributed by atoms with E-state index in [0.717, 1.165) is 28.0 Å². The van der Waals surface area contributed by atoms with Gasteiger partial charge in [-0.25, -0.2) is 4.79 Å². The fourth-order valence-electron chi connectivity index (χ4n) is 4.53. The molecule has 28 heavy (non-hydrogen) atoms. The van der Waals surface area contributed by atoms with Gasteiger partial charge in [0.05, 0.1) is 11.6 Å². The first-order valence-electron chi connectivity index (χ1n) is 10.7. The minimum absolute atomic E-state index is 0.347. The van der Waals surface area contributed by atoms with Crippen LogP contribution >= 0.6 is 0 Å². The van der Waals surface area contributed by atoms with E-state index < -0.39 is 5.54 Å². The second-order valence-electron chi connectivity index (χ2n) is 8.66. The molecule has 0 spiro atoms. The van der Waals surface area contributed by atoms with Crippen molar-refractivity contribution in [2.45, 2.75) is 70.4 Å². The number of fused-ring (bicyclic) bond motifs is 1. The lowest BCUT2D eigenvalue weighted by Crippen LogP contribution is -2.37. The minimum atomic E-state index is -0.461. The second-order valence-corrected chi connectivity index (χ2v) is 8.66. The first-order chi connectivity index (χ1) is 13.6. The van der Waals surface area contributed by atoms with E-state index in [1.54, 1.807) is 0 Å². The molecule has 2 aromatic rings. The maximum Gasteiger partial charge on any atom is 0.408 e. The largest absolute Gasteiger partial charge is 0.490 e. The van der Waals surface area contributed by atoms with Crippen LogP contribution in [0.25, 0.3) is 10.8 Å². The summed E-state index contributed by atoms with van der Waals surface area (Å²) < 4.78 is 11.4. The second kappa shape index (κ2) is 8.02. The van der Waals surface area contributed by atoms with Crippen molar-refractivity contribution in [2.75, 3.05) is 6.61 Å². The van der Waals surface area contributed by atoms with Crippen molar-refractivity contribution in [3.63, 3.8) is 0 Å². The molecule has 1 aliphatic carbocycles. The van der Waals surface area contributed by atoms with Gasteiger partial charge in [-0.05, 0) is 73.1 Å². The Balaban J connectivity index is 1.41. The van der Waals surface area contributed by atoms with Crippen molar-refractivity contribution in [3.8, 4) is 5.75 Å². The Morgan fingerprint density at radius 1 is 1.11 bits per heavy atom. The van der Waals surface area contributed by atoms with Crippen LogP contribution in [0.1, 0.15) is 64.4 Å². The average Bonchev–Trinajstić information content (AvgIpc) is 3.07. The third-order valence-electron chi connectivity index (χ3n) is 6.38. The van der Waals surface area contributed by atoms with Crippen LogP contribution in [0, 0.1) is 5.92 Å². The molecule has 150 valence electrons. The van der Waals surface area contributed by atoms with Gasteiger partial charge in [0.1, 0.15) is 12.4 Å². The molecule has 4 nitrogen and oxygen atoms in total. The first kappa shape index (κ1) is 19.1. The van der Waals surface area contributed by atoms with E-state index in [0.29, 0.717) is 12.7 Å². The third kappa shape index (κ3) is 4.11. The van der Waals surface area contributed by atoms with Gasteiger partial charge >= 0.3 is 6.09 Å². The molecule has 0 aromatic heterocycles. The summed E-state index contributed by atoms with van der Waals surface area (Å²) in [5, 5.41) is 5.21. The highest BCUT2D eigenvalue weighted by Crippen LogP contribution is 2.33. The van der Waals surface area contributed by atoms with E-state index in [2.05, 4.69) is 48.6 Å². The normalized spacial score (nSPS) is 27.4. The monoisotopic (exact) mass is 381 g/mol. The van der Waals surface area contributed by atoms with Gasteiger partial charge in [-0.1, -0.05) is 44.4 Å². The number of benzene rings is 2. The Kier molecular flexibility index (Phi) is 5.47. The van der Waals surface area contributed by atoms with Gasteiger partial charge in [0.15, 0.2) is 0 Å². The third-order valence-corrected chi connectivity index (χ3v) is 6.38. The van der Waals surface area contributed by atoms with Crippen LogP contribution in [0.4, 0.5) is 4.79 Å². The summed E-state index contributed by atoms with van der Waals surface area (Å²) in [6.45, 7) is 4.63. The van der Waals surface area contributed by atoms with E-state index in [-0.39, 0.29) is 6.09 Å². The summed E-state index contributed by atoms with van der Waals surface area (Å²) >= 11 is 0. The minimum Gasteiger partial charge on any atom is -0.490 e. The number of carbonyl (C=O) groups is 1. The Bertz CT molecular complexity index is 841. The molecular formula is C24H31NO3. The van der Waals surface area contributed by atoms with Gasteiger partial charge < -0.3 is 14.8 Å². The zero-order chi connectivity index (χ0) is 19.6. The lowest BCUT2D eigenvalue weighted by molar-refractivity contribution is 0.128. The van der Waals surface area contributed by atoms with Crippen molar-refractivity contribution in [2.24, 2.45) is 5.92 Å². The molecule has 4 rings (SSSR count). The van der Waals surface area contributed by atoms with Crippen LogP contribution in [0.15, 0.2) is 36.4 Å². The maximum absolute atomic E-state index is 11.5. The fourth-order valence-corrected chi connectivity index (χ4v) is 4.53. The topological polar surface area (TPSA) is 47.6 Å². The van der Waals surface area contributed by atoms with Gasteiger partial charge in [-0.3, -0.25) is 0 Å². The smallest absolute Gasteiger partial charge is 0.408 e. The molecule has 4 heteroatoms. The summed E-state index contributed by atoms with van der Waals surface area (Å²) in [6.07, 6.45) is 8.97. The van der Waals surface area contributed by atoms with Crippen molar-refractivity contribution in [1.29, 1.82) is 0 Å². The molecule has 0 unspecified atom stereocenters. The van der Waals surface area contributed by atoms with Crippen molar-refractivity contribution in [1.82, 2.24) is 5.32 Å². The fraction of sp³-hybridized carbons (Fsp3) is 0.542. The number of amides is 1. The molecule has 2 aromatic carbocycles. The molecule has 0 bridgehead atoms. The highest BCUT2D eigenvalue weighted by molar-refractivity contribution is 5.85. The summed E-state index contributed by atoms with van der Waals surface area (Å²) in [5.41, 5.74) is 0.599. The lowest BCUT2D eigenvalue weighted by Gasteiger charge is -2.29. The van der Waals surface area contributed by atoms with Crippen LogP contribution < -0.4 is 10.1 Å². The molecule has 1 heterocycles. The number of nitrogens with one attached hydrogen (secondary N) is 1. The predicted molar refractivity (Wildman–Crippen MR) is 112 cm³/mol. The van der Waals surface area contributed by atoms with Gasteiger partial charge in [0.2, 0.25) is 0 Å². The van der Waals surface area contributed by atoms with Gasteiger partial charge in [-0.15, -0.1) is 0 Å². The highest BCUT2D eigenvalue weighted by Gasteiger charge is 2.36. The number of cyclic esters (lactones) is 1. The Labute approximate surface area is 167 Å². The average molecular weight is 382 g/mol. The van der Waals surface area contributed by atoms with Crippen LogP contribution in [0.5, 0.6) is 5.75 Å². The van der Waals surface area contributed by atoms with Crippen LogP contribution in [-0.2, 0) is 10.3 Å². The van der Waals surface area contributed by atoms with Crippen LogP contribution in [0.3, 0.4) is 0 Å². The molecule has 1 saturated heterocycles. The van der Waals surface area contributed by atoms with Gasteiger partial charge in [-0.2, -0.15) is 0 Å². The molecule has 1 atom stereocenters. The number of rotatable bonds is 6. The highest BCUT2D eigenvalue weighted by atomic mass is 16.6. The SMILES string of the molecule is CCCC[C@H]1CC[C@@H](Oc2ccc3cc([C@]4(C)COC(=O)N4)ccc3c2)CC1. The van der Waals surface area contributed by atoms with E-state index in [4.69, 9.17) is 9.47 Å². The lowest BCUT2D eigenvalue weighted by atomic mass is 9.84. The van der Waals surface area contributed by atoms with E-state index in [1.807, 2.05) is 6.92 Å². The molecular weight excluding hydrogens is 350 g/mol. The summed E-state index contributed by atoms with van der Waals surface area (Å²) in [7, 11) is 0. The Morgan fingerprint density at radius 3 is 2.57 bits per heavy atom. The first-order valence-corrected chi connectivity index (χ1v) is 10.7. The number of hydrogen-bond donors (Lipinski definition) is 1. The summed E-state index contributed by atoms with van der Waals surface area (Å²) in [5.74, 6) is 1.86. The molecule has 2 aliphatic rings. The summed E-state index contributed by atoms with van der Waals surface area (Å²) in [4.78, 5) is 11.5. The Morgan fingerprint density at radius 2 is 1.86 bits per heavy atom. The van der Waals surface area contributed by atoms with Crippen LogP contribution in [0.2, 0.25) is 0 Å². The number of hydrogen-bond acceptors (Lipinski definition) is 3. The molecule has 0 radical (unpaired) electrons. The zero-order valence-corrected chi connectivity index (χ0v) is 17.0. The quantitative estimate of drug-likeness (QED) is 0.675. The van der Waals surface area contributed by atoms with E-state index in [1.165, 1.54) is 44.9 Å². The number of unbranched alkanes of at least 4 members (excludes halogenated alkanes) is 1. The molecule has 2 fully saturated rings.